The molecule has 0 bridgehead atoms. The Morgan fingerprint density at radius 1 is 1.00 bits per heavy atom. The van der Waals surface area contributed by atoms with Crippen molar-refractivity contribution in [3.8, 4) is 11.4 Å². The van der Waals surface area contributed by atoms with Crippen LogP contribution in [0.5, 0.6) is 5.75 Å². The number of ether oxygens (including phenoxy) is 1. The van der Waals surface area contributed by atoms with Crippen molar-refractivity contribution in [2.75, 3.05) is 19.0 Å². The van der Waals surface area contributed by atoms with E-state index in [0.29, 0.717) is 23.2 Å². The number of hydrogen-bond donors (Lipinski definition) is 1. The van der Waals surface area contributed by atoms with E-state index in [1.807, 2.05) is 49.3 Å². The summed E-state index contributed by atoms with van der Waals surface area (Å²) in [6.45, 7) is 4.35. The third-order valence-corrected chi connectivity index (χ3v) is 5.04. The van der Waals surface area contributed by atoms with Crippen LogP contribution in [-0.2, 0) is 6.61 Å². The van der Waals surface area contributed by atoms with Crippen molar-refractivity contribution < 1.29 is 18.4 Å². The highest BCUT2D eigenvalue weighted by atomic mass is 16.5. The standard InChI is InChI=1S/C25H26N4O4/c1-17-5-6-18(2)29(17)19-7-9-20(10-8-19)31-16-22-11-13-23(32-22)25(30)27-26-15-21-12-14-24(33-21)28(3)4/h5-15H,16H2,1-4H3,(H,27,30)/b26-15+. The third-order valence-electron chi connectivity index (χ3n) is 5.04. The first kappa shape index (κ1) is 22.0. The number of benzene rings is 1. The molecule has 0 fully saturated rings. The van der Waals surface area contributed by atoms with E-state index in [1.54, 1.807) is 18.2 Å². The van der Waals surface area contributed by atoms with Gasteiger partial charge in [-0.2, -0.15) is 5.10 Å². The average Bonchev–Trinajstić information content (AvgIpc) is 3.53. The van der Waals surface area contributed by atoms with Crippen LogP contribution in [0.15, 0.2) is 74.6 Å². The summed E-state index contributed by atoms with van der Waals surface area (Å²) in [5, 5.41) is 3.90. The van der Waals surface area contributed by atoms with E-state index < -0.39 is 5.91 Å². The molecule has 0 unspecified atom stereocenters. The SMILES string of the molecule is Cc1ccc(C)n1-c1ccc(OCc2ccc(C(=O)N/N=C/c3ccc(N(C)C)o3)o2)cc1. The molecular formula is C25H26N4O4. The first-order valence-corrected chi connectivity index (χ1v) is 10.5. The van der Waals surface area contributed by atoms with E-state index >= 15 is 0 Å². The molecule has 0 saturated carbocycles. The number of nitrogens with zero attached hydrogens (tertiary/aromatic N) is 3. The summed E-state index contributed by atoms with van der Waals surface area (Å²) >= 11 is 0. The molecule has 0 radical (unpaired) electrons. The molecule has 170 valence electrons. The molecule has 33 heavy (non-hydrogen) atoms. The number of amides is 1. The third kappa shape index (κ3) is 5.17. The van der Waals surface area contributed by atoms with E-state index in [2.05, 4.69) is 41.1 Å². The number of aryl methyl sites for hydroxylation is 2. The van der Waals surface area contributed by atoms with Crippen molar-refractivity contribution in [1.29, 1.82) is 0 Å². The smallest absolute Gasteiger partial charge is 0.307 e. The van der Waals surface area contributed by atoms with Crippen LogP contribution in [0.4, 0.5) is 5.88 Å². The summed E-state index contributed by atoms with van der Waals surface area (Å²) in [6, 6.07) is 18.9. The lowest BCUT2D eigenvalue weighted by Crippen LogP contribution is -2.16. The Hall–Kier alpha value is -4.20. The minimum Gasteiger partial charge on any atom is -0.486 e. The van der Waals surface area contributed by atoms with Gasteiger partial charge in [0.05, 0.1) is 6.21 Å². The summed E-state index contributed by atoms with van der Waals surface area (Å²) in [4.78, 5) is 14.1. The van der Waals surface area contributed by atoms with Gasteiger partial charge in [0.2, 0.25) is 0 Å². The number of furan rings is 2. The van der Waals surface area contributed by atoms with E-state index in [1.165, 1.54) is 17.6 Å². The van der Waals surface area contributed by atoms with Crippen molar-refractivity contribution in [3.05, 3.63) is 89.3 Å². The van der Waals surface area contributed by atoms with Gasteiger partial charge in [-0.3, -0.25) is 4.79 Å². The van der Waals surface area contributed by atoms with E-state index in [-0.39, 0.29) is 12.4 Å². The van der Waals surface area contributed by atoms with Gasteiger partial charge in [0.15, 0.2) is 11.6 Å². The number of carbonyl (C=O) groups is 1. The molecule has 1 N–H and O–H groups in total. The van der Waals surface area contributed by atoms with Crippen LogP contribution in [-0.4, -0.2) is 30.8 Å². The molecule has 1 amide bonds. The molecule has 1 aromatic carbocycles. The van der Waals surface area contributed by atoms with Gasteiger partial charge in [-0.15, -0.1) is 0 Å². The zero-order valence-corrected chi connectivity index (χ0v) is 19.0. The number of aromatic nitrogens is 1. The largest absolute Gasteiger partial charge is 0.486 e. The molecule has 0 aliphatic heterocycles. The number of rotatable bonds is 8. The fourth-order valence-electron chi connectivity index (χ4n) is 3.36. The molecule has 0 aliphatic carbocycles. The highest BCUT2D eigenvalue weighted by Gasteiger charge is 2.11. The topological polar surface area (TPSA) is 85.1 Å². The maximum Gasteiger partial charge on any atom is 0.307 e. The molecule has 3 heterocycles. The van der Waals surface area contributed by atoms with Crippen molar-refractivity contribution in [3.63, 3.8) is 0 Å². The van der Waals surface area contributed by atoms with Gasteiger partial charge in [-0.25, -0.2) is 5.43 Å². The fourth-order valence-corrected chi connectivity index (χ4v) is 3.36. The zero-order chi connectivity index (χ0) is 23.4. The lowest BCUT2D eigenvalue weighted by atomic mass is 10.3. The molecule has 0 aliphatic rings. The highest BCUT2D eigenvalue weighted by Crippen LogP contribution is 2.21. The molecule has 3 aromatic heterocycles. The Morgan fingerprint density at radius 3 is 2.39 bits per heavy atom. The zero-order valence-electron chi connectivity index (χ0n) is 19.0. The van der Waals surface area contributed by atoms with Crippen molar-refractivity contribution in [2.24, 2.45) is 5.10 Å². The maximum absolute atomic E-state index is 12.2. The van der Waals surface area contributed by atoms with Gasteiger partial charge < -0.3 is 23.0 Å². The molecule has 0 saturated heterocycles. The molecular weight excluding hydrogens is 420 g/mol. The van der Waals surface area contributed by atoms with Crippen LogP contribution in [0.25, 0.3) is 5.69 Å². The Balaban J connectivity index is 1.30. The van der Waals surface area contributed by atoms with Gasteiger partial charge in [0.25, 0.3) is 0 Å². The van der Waals surface area contributed by atoms with Crippen LogP contribution in [0.3, 0.4) is 0 Å². The number of hydrazone groups is 1. The Bertz CT molecular complexity index is 1240. The second-order valence-corrected chi connectivity index (χ2v) is 7.77. The summed E-state index contributed by atoms with van der Waals surface area (Å²) in [5.41, 5.74) is 5.85. The van der Waals surface area contributed by atoms with Gasteiger partial charge in [-0.05, 0) is 68.4 Å². The van der Waals surface area contributed by atoms with Gasteiger partial charge in [-0.1, -0.05) is 0 Å². The number of nitrogens with one attached hydrogen (secondary N) is 1. The predicted molar refractivity (Wildman–Crippen MR) is 126 cm³/mol. The fraction of sp³-hybridized carbons (Fsp3) is 0.200. The molecule has 8 heteroatoms. The number of carbonyl (C=O) groups excluding carboxylic acids is 1. The van der Waals surface area contributed by atoms with Crippen LogP contribution in [0, 0.1) is 13.8 Å². The second kappa shape index (κ2) is 9.52. The van der Waals surface area contributed by atoms with Crippen molar-refractivity contribution in [2.45, 2.75) is 20.5 Å². The summed E-state index contributed by atoms with van der Waals surface area (Å²) in [5.74, 6) is 2.16. The van der Waals surface area contributed by atoms with Crippen LogP contribution in [0.2, 0.25) is 0 Å². The van der Waals surface area contributed by atoms with Gasteiger partial charge >= 0.3 is 5.91 Å². The molecule has 4 rings (SSSR count). The van der Waals surface area contributed by atoms with Crippen LogP contribution >= 0.6 is 0 Å². The first-order chi connectivity index (χ1) is 15.9. The lowest BCUT2D eigenvalue weighted by molar-refractivity contribution is 0.0923. The first-order valence-electron chi connectivity index (χ1n) is 10.5. The molecule has 0 spiro atoms. The van der Waals surface area contributed by atoms with E-state index in [9.17, 15) is 4.79 Å². The van der Waals surface area contributed by atoms with Crippen molar-refractivity contribution in [1.82, 2.24) is 9.99 Å². The number of hydrogen-bond acceptors (Lipinski definition) is 6. The van der Waals surface area contributed by atoms with E-state index in [0.717, 1.165) is 5.69 Å². The molecule has 8 nitrogen and oxygen atoms in total. The van der Waals surface area contributed by atoms with Crippen LogP contribution < -0.4 is 15.1 Å². The Kier molecular flexibility index (Phi) is 6.35. The number of anilines is 1. The highest BCUT2D eigenvalue weighted by molar-refractivity contribution is 5.92. The summed E-state index contributed by atoms with van der Waals surface area (Å²) in [6.07, 6.45) is 1.43. The quantitative estimate of drug-likeness (QED) is 0.314. The summed E-state index contributed by atoms with van der Waals surface area (Å²) in [7, 11) is 3.75. The Labute approximate surface area is 192 Å². The second-order valence-electron chi connectivity index (χ2n) is 7.77. The lowest BCUT2D eigenvalue weighted by Gasteiger charge is -2.10. The van der Waals surface area contributed by atoms with Gasteiger partial charge in [0.1, 0.15) is 23.9 Å². The Morgan fingerprint density at radius 2 is 1.73 bits per heavy atom. The molecule has 0 atom stereocenters. The summed E-state index contributed by atoms with van der Waals surface area (Å²) < 4.78 is 19.1. The van der Waals surface area contributed by atoms with E-state index in [4.69, 9.17) is 13.6 Å². The average molecular weight is 447 g/mol. The minimum absolute atomic E-state index is 0.146. The monoisotopic (exact) mass is 446 g/mol. The maximum atomic E-state index is 12.2. The van der Waals surface area contributed by atoms with Crippen molar-refractivity contribution >= 4 is 18.0 Å². The van der Waals surface area contributed by atoms with Crippen LogP contribution in [0.1, 0.15) is 33.5 Å². The minimum atomic E-state index is -0.460. The van der Waals surface area contributed by atoms with Gasteiger partial charge in [0, 0.05) is 37.2 Å². The predicted octanol–water partition coefficient (Wildman–Crippen LogP) is 4.69. The normalized spacial score (nSPS) is 11.2. The molecule has 4 aromatic rings.